The van der Waals surface area contributed by atoms with Crippen LogP contribution in [-0.4, -0.2) is 37.1 Å². The average molecular weight is 212 g/mol. The minimum absolute atomic E-state index is 0.254. The molecule has 0 aromatic heterocycles. The van der Waals surface area contributed by atoms with Crippen LogP contribution in [0.2, 0.25) is 0 Å². The van der Waals surface area contributed by atoms with E-state index in [1.807, 2.05) is 6.08 Å². The molecular weight excluding hydrogens is 184 g/mol. The van der Waals surface area contributed by atoms with Crippen molar-refractivity contribution in [2.45, 2.75) is 51.6 Å². The van der Waals surface area contributed by atoms with Crippen LogP contribution >= 0.6 is 0 Å². The van der Waals surface area contributed by atoms with E-state index in [1.54, 1.807) is 0 Å². The van der Waals surface area contributed by atoms with Gasteiger partial charge in [0, 0.05) is 11.6 Å². The molecule has 0 bridgehead atoms. The van der Waals surface area contributed by atoms with E-state index < -0.39 is 0 Å². The quantitative estimate of drug-likeness (QED) is 0.622. The molecular formula is C13H28N2. The zero-order valence-corrected chi connectivity index (χ0v) is 11.1. The minimum atomic E-state index is 0.254. The Morgan fingerprint density at radius 2 is 1.80 bits per heavy atom. The lowest BCUT2D eigenvalue weighted by atomic mass is 9.81. The first-order valence-corrected chi connectivity index (χ1v) is 6.10. The lowest BCUT2D eigenvalue weighted by Gasteiger charge is -2.45. The lowest BCUT2D eigenvalue weighted by Crippen LogP contribution is -2.58. The van der Waals surface area contributed by atoms with Crippen molar-refractivity contribution >= 4 is 0 Å². The summed E-state index contributed by atoms with van der Waals surface area (Å²) in [6.45, 7) is 11.6. The van der Waals surface area contributed by atoms with Crippen molar-refractivity contribution in [3.05, 3.63) is 12.7 Å². The Labute approximate surface area is 95.7 Å². The molecule has 1 unspecified atom stereocenters. The second-order valence-corrected chi connectivity index (χ2v) is 4.34. The topological polar surface area (TPSA) is 15.3 Å². The summed E-state index contributed by atoms with van der Waals surface area (Å²) in [5.41, 5.74) is 0.254. The van der Waals surface area contributed by atoms with Crippen LogP contribution in [0.1, 0.15) is 40.0 Å². The Kier molecular flexibility index (Phi) is 6.86. The van der Waals surface area contributed by atoms with Gasteiger partial charge in [0.25, 0.3) is 0 Å². The van der Waals surface area contributed by atoms with Gasteiger partial charge in [-0.1, -0.05) is 26.8 Å². The van der Waals surface area contributed by atoms with E-state index in [2.05, 4.69) is 51.7 Å². The fraction of sp³-hybridized carbons (Fsp3) is 0.846. The molecule has 0 saturated carbocycles. The molecule has 2 nitrogen and oxygen atoms in total. The van der Waals surface area contributed by atoms with Crippen LogP contribution < -0.4 is 5.32 Å². The predicted molar refractivity (Wildman–Crippen MR) is 69.3 cm³/mol. The SMILES string of the molecule is C=CCC(NCC)C(CC)(CC)N(C)C. The second-order valence-electron chi connectivity index (χ2n) is 4.34. The van der Waals surface area contributed by atoms with E-state index >= 15 is 0 Å². The third kappa shape index (κ3) is 3.32. The normalized spacial score (nSPS) is 14.3. The van der Waals surface area contributed by atoms with E-state index in [4.69, 9.17) is 0 Å². The Hall–Kier alpha value is -0.340. The third-order valence-corrected chi connectivity index (χ3v) is 3.62. The maximum Gasteiger partial charge on any atom is 0.0354 e. The third-order valence-electron chi connectivity index (χ3n) is 3.62. The lowest BCUT2D eigenvalue weighted by molar-refractivity contribution is 0.0901. The van der Waals surface area contributed by atoms with Gasteiger partial charge in [-0.05, 0) is 39.9 Å². The van der Waals surface area contributed by atoms with Gasteiger partial charge < -0.3 is 10.2 Å². The Bertz CT molecular complexity index is 171. The highest BCUT2D eigenvalue weighted by Gasteiger charge is 2.36. The van der Waals surface area contributed by atoms with E-state index in [9.17, 15) is 0 Å². The van der Waals surface area contributed by atoms with E-state index in [-0.39, 0.29) is 5.54 Å². The summed E-state index contributed by atoms with van der Waals surface area (Å²) in [6, 6.07) is 0.505. The smallest absolute Gasteiger partial charge is 0.0354 e. The molecule has 2 heteroatoms. The predicted octanol–water partition coefficient (Wildman–Crippen LogP) is 2.66. The molecule has 0 aliphatic rings. The standard InChI is InChI=1S/C13H28N2/c1-7-11-12(14-10-4)13(8-2,9-3)15(5)6/h7,12,14H,1,8-11H2,2-6H3. The van der Waals surface area contributed by atoms with Crippen molar-refractivity contribution in [2.24, 2.45) is 0 Å². The summed E-state index contributed by atoms with van der Waals surface area (Å²) in [5, 5.41) is 3.59. The summed E-state index contributed by atoms with van der Waals surface area (Å²) in [6.07, 6.45) is 5.40. The van der Waals surface area contributed by atoms with Crippen molar-refractivity contribution in [2.75, 3.05) is 20.6 Å². The first kappa shape index (κ1) is 14.7. The summed E-state index contributed by atoms with van der Waals surface area (Å²) in [7, 11) is 4.36. The number of hydrogen-bond donors (Lipinski definition) is 1. The van der Waals surface area contributed by atoms with Gasteiger partial charge in [0.15, 0.2) is 0 Å². The van der Waals surface area contributed by atoms with Gasteiger partial charge in [-0.25, -0.2) is 0 Å². The summed E-state index contributed by atoms with van der Waals surface area (Å²) in [4.78, 5) is 2.36. The number of rotatable bonds is 8. The number of nitrogens with one attached hydrogen (secondary N) is 1. The summed E-state index contributed by atoms with van der Waals surface area (Å²) < 4.78 is 0. The summed E-state index contributed by atoms with van der Waals surface area (Å²) in [5.74, 6) is 0. The number of nitrogens with zero attached hydrogens (tertiary/aromatic N) is 1. The largest absolute Gasteiger partial charge is 0.312 e. The minimum Gasteiger partial charge on any atom is -0.312 e. The van der Waals surface area contributed by atoms with Crippen LogP contribution in [0.3, 0.4) is 0 Å². The molecule has 15 heavy (non-hydrogen) atoms. The molecule has 0 heterocycles. The molecule has 0 aliphatic heterocycles. The molecule has 0 rings (SSSR count). The number of hydrogen-bond acceptors (Lipinski definition) is 2. The van der Waals surface area contributed by atoms with E-state index in [0.717, 1.165) is 13.0 Å². The fourth-order valence-corrected chi connectivity index (χ4v) is 2.59. The van der Waals surface area contributed by atoms with Crippen molar-refractivity contribution in [3.63, 3.8) is 0 Å². The van der Waals surface area contributed by atoms with Gasteiger partial charge in [0.2, 0.25) is 0 Å². The van der Waals surface area contributed by atoms with Gasteiger partial charge in [-0.3, -0.25) is 0 Å². The number of likely N-dealkylation sites (N-methyl/N-ethyl adjacent to an activating group) is 2. The molecule has 0 saturated heterocycles. The molecule has 0 radical (unpaired) electrons. The van der Waals surface area contributed by atoms with E-state index in [0.29, 0.717) is 6.04 Å². The Balaban J connectivity index is 4.86. The van der Waals surface area contributed by atoms with Crippen LogP contribution in [0, 0.1) is 0 Å². The van der Waals surface area contributed by atoms with Gasteiger partial charge in [-0.15, -0.1) is 6.58 Å². The molecule has 1 N–H and O–H groups in total. The van der Waals surface area contributed by atoms with Crippen molar-refractivity contribution < 1.29 is 0 Å². The van der Waals surface area contributed by atoms with Crippen LogP contribution in [0.4, 0.5) is 0 Å². The Morgan fingerprint density at radius 3 is 2.07 bits per heavy atom. The first-order chi connectivity index (χ1) is 7.08. The van der Waals surface area contributed by atoms with Crippen molar-refractivity contribution in [1.29, 1.82) is 0 Å². The Morgan fingerprint density at radius 1 is 1.27 bits per heavy atom. The highest BCUT2D eigenvalue weighted by atomic mass is 15.2. The highest BCUT2D eigenvalue weighted by Crippen LogP contribution is 2.27. The van der Waals surface area contributed by atoms with Gasteiger partial charge in [0.05, 0.1) is 0 Å². The second kappa shape index (κ2) is 7.02. The first-order valence-electron chi connectivity index (χ1n) is 6.10. The zero-order chi connectivity index (χ0) is 11.9. The zero-order valence-electron chi connectivity index (χ0n) is 11.1. The molecule has 90 valence electrons. The van der Waals surface area contributed by atoms with Crippen LogP contribution in [0.25, 0.3) is 0 Å². The van der Waals surface area contributed by atoms with Gasteiger partial charge in [-0.2, -0.15) is 0 Å². The monoisotopic (exact) mass is 212 g/mol. The molecule has 0 aromatic carbocycles. The van der Waals surface area contributed by atoms with E-state index in [1.165, 1.54) is 12.8 Å². The molecule has 0 aromatic rings. The highest BCUT2D eigenvalue weighted by molar-refractivity contribution is 4.99. The average Bonchev–Trinajstić information content (AvgIpc) is 2.20. The van der Waals surface area contributed by atoms with Crippen molar-refractivity contribution in [1.82, 2.24) is 10.2 Å². The van der Waals surface area contributed by atoms with Gasteiger partial charge >= 0.3 is 0 Å². The molecule has 0 aliphatic carbocycles. The molecule has 0 fully saturated rings. The van der Waals surface area contributed by atoms with Crippen LogP contribution in [-0.2, 0) is 0 Å². The fourth-order valence-electron chi connectivity index (χ4n) is 2.59. The molecule has 0 spiro atoms. The van der Waals surface area contributed by atoms with Crippen molar-refractivity contribution in [3.8, 4) is 0 Å². The molecule has 0 amide bonds. The summed E-state index contributed by atoms with van der Waals surface area (Å²) >= 11 is 0. The maximum atomic E-state index is 3.87. The maximum absolute atomic E-state index is 3.87. The van der Waals surface area contributed by atoms with Gasteiger partial charge in [0.1, 0.15) is 0 Å². The molecule has 1 atom stereocenters. The van der Waals surface area contributed by atoms with Crippen LogP contribution in [0.15, 0.2) is 12.7 Å². The van der Waals surface area contributed by atoms with Crippen LogP contribution in [0.5, 0.6) is 0 Å².